The number of nitrogens with two attached hydrogens (primary N) is 2. The lowest BCUT2D eigenvalue weighted by molar-refractivity contribution is -0.136. The number of hydrogen-bond acceptors (Lipinski definition) is 21. The Bertz CT molecular complexity index is 2020. The number of rotatable bonds is 15. The van der Waals surface area contributed by atoms with Crippen molar-refractivity contribution in [3.05, 3.63) is 5.82 Å². The molecule has 14 N–H and O–H groups in total. The molecule has 1 aromatic rings. The average molecular weight is 1290 g/mol. The van der Waals surface area contributed by atoms with Crippen LogP contribution in [0.25, 0.3) is 0 Å². The summed E-state index contributed by atoms with van der Waals surface area (Å²) in [6.07, 6.45) is 7.74. The number of piperidine rings is 1. The SMILES string of the molecule is C.CC(=O)C1CCCN1.CC(=O)CN(C)C.CC1CCN(C)CC1O.CCC(=O)NC#N.CCC(=O)O.CCCN(C)C.CCOP(=O)(O)CC.CCP(=O)(O)O.CCP(N)(=O)O.CCS(=O)(=O)O.CCS(N)(=O)=O.CCc1nn[nH]n1. The quantitative estimate of drug-likeness (QED) is 0.0518. The summed E-state index contributed by atoms with van der Waals surface area (Å²) in [6.45, 7) is 27.0. The van der Waals surface area contributed by atoms with Gasteiger partial charge in [-0.05, 0) is 121 Å². The molecule has 82 heavy (non-hydrogen) atoms. The van der Waals surface area contributed by atoms with E-state index in [1.54, 1.807) is 48.5 Å². The highest BCUT2D eigenvalue weighted by atomic mass is 32.2. The molecule has 2 aliphatic rings. The second kappa shape index (κ2) is 62.4. The van der Waals surface area contributed by atoms with Crippen LogP contribution in [-0.2, 0) is 64.0 Å². The highest BCUT2D eigenvalue weighted by Crippen LogP contribution is 2.40. The van der Waals surface area contributed by atoms with Crippen molar-refractivity contribution in [1.29, 1.82) is 5.26 Å². The van der Waals surface area contributed by atoms with Gasteiger partial charge in [-0.3, -0.25) is 48.2 Å². The number of nitrogens with zero attached hydrogens (tertiary/aromatic N) is 7. The standard InChI is InChI=1S/C7H15NO.C6H11NO.C5H11NO.C5H13N.C4H6N2O.C4H11O3P.C3H6N4.C3H6O2.C2H8NO2P.C2H7NO2S.C2H7O3P.C2H6O3S.CH4/c1-6-3-4-8(2)5-7(6)9;1-5(8)6-3-2-4-7-6;1-5(7)4-6(2)3;1-4-5-6(2)3;1-2-4(7)6-3-5;1-3-7-8(5,6)4-2;1-2-3-4-6-7-5-3;1-2-3(4)5;4*1-2-6(3,4)5;/h6-7,9H,3-5H2,1-2H3;6-7H,2-4H2,1H3;4H2,1-3H3;4-5H2,1-3H3;2H2,1H3,(H,6,7);3-4H2,1-2H3,(H,5,6);2H2,1H3,(H,4,5,6,7);2H2,1H3,(H,4,5);2H2,1H3,(H3,3,4,5);2*2H2,1H3,(H2,3,4,5);2H2,1H3,(H,3,4,5);1H4. The van der Waals surface area contributed by atoms with E-state index in [0.717, 1.165) is 51.1 Å². The number of aromatic amines is 1. The predicted molar refractivity (Wildman–Crippen MR) is 324 cm³/mol. The van der Waals surface area contributed by atoms with Gasteiger partial charge in [-0.1, -0.05) is 68.0 Å². The van der Waals surface area contributed by atoms with Gasteiger partial charge in [0, 0.05) is 44.3 Å². The van der Waals surface area contributed by atoms with Crippen LogP contribution in [0.4, 0.5) is 0 Å². The van der Waals surface area contributed by atoms with Crippen molar-refractivity contribution in [1.82, 2.24) is 46.0 Å². The van der Waals surface area contributed by atoms with E-state index in [0.29, 0.717) is 25.5 Å². The van der Waals surface area contributed by atoms with E-state index in [1.807, 2.05) is 31.2 Å². The number of likely N-dealkylation sites (tertiary alicyclic amines) is 1. The zero-order valence-corrected chi connectivity index (χ0v) is 55.7. The van der Waals surface area contributed by atoms with Gasteiger partial charge in [0.2, 0.25) is 15.9 Å². The Hall–Kier alpha value is -3.09. The van der Waals surface area contributed by atoms with E-state index < -0.39 is 48.8 Å². The minimum absolute atomic E-state index is 0. The number of aliphatic hydroxyl groups excluding tert-OH is 1. The summed E-state index contributed by atoms with van der Waals surface area (Å²) in [7, 11) is -6.81. The summed E-state index contributed by atoms with van der Waals surface area (Å²) >= 11 is 0. The molecule has 0 saturated carbocycles. The van der Waals surface area contributed by atoms with Gasteiger partial charge in [0.05, 0.1) is 36.8 Å². The molecule has 0 aromatic carbocycles. The van der Waals surface area contributed by atoms with Crippen molar-refractivity contribution >= 4 is 66.3 Å². The number of carbonyl (C=O) groups is 4. The third-order valence-electron chi connectivity index (χ3n) is 8.77. The van der Waals surface area contributed by atoms with Crippen LogP contribution in [0.5, 0.6) is 0 Å². The maximum Gasteiger partial charge on any atom is 0.327 e. The van der Waals surface area contributed by atoms with Gasteiger partial charge in [-0.15, -0.1) is 10.2 Å². The number of amides is 1. The molecule has 0 radical (unpaired) electrons. The summed E-state index contributed by atoms with van der Waals surface area (Å²) in [4.78, 5) is 79.1. The summed E-state index contributed by atoms with van der Waals surface area (Å²) in [6, 6.07) is 0.176. The number of ketones is 2. The molecule has 2 aliphatic heterocycles. The van der Waals surface area contributed by atoms with Crippen LogP contribution in [0.3, 0.4) is 0 Å². The fourth-order valence-electron chi connectivity index (χ4n) is 3.91. The molecule has 0 aliphatic carbocycles. The second-order valence-electron chi connectivity index (χ2n) is 17.3. The molecule has 3 rings (SSSR count). The minimum atomic E-state index is -3.66. The van der Waals surface area contributed by atoms with E-state index in [-0.39, 0.29) is 73.5 Å². The first-order chi connectivity index (χ1) is 36.8. The number of β-amino-alcohol motifs (C(OH)–C–C–N with tert-alkyl or cyclic N) is 1. The Morgan fingerprint density at radius 2 is 1.32 bits per heavy atom. The fourth-order valence-corrected chi connectivity index (χ4v) is 4.49. The van der Waals surface area contributed by atoms with Crippen molar-refractivity contribution < 1.29 is 88.6 Å². The molecule has 36 heteroatoms. The molecule has 1 aromatic heterocycles. The largest absolute Gasteiger partial charge is 0.481 e. The van der Waals surface area contributed by atoms with Gasteiger partial charge < -0.3 is 54.3 Å². The monoisotopic (exact) mass is 1290 g/mol. The van der Waals surface area contributed by atoms with Crippen molar-refractivity contribution in [2.45, 2.75) is 155 Å². The van der Waals surface area contributed by atoms with Crippen LogP contribution in [-0.4, -0.2) is 227 Å². The number of aliphatic hydroxyl groups is 1. The lowest BCUT2D eigenvalue weighted by atomic mass is 9.97. The van der Waals surface area contributed by atoms with Gasteiger partial charge in [0.25, 0.3) is 17.6 Å². The van der Waals surface area contributed by atoms with E-state index in [1.165, 1.54) is 39.9 Å². The van der Waals surface area contributed by atoms with Crippen LogP contribution in [0.2, 0.25) is 0 Å². The molecular formula is C46H111N12O19P3S2. The van der Waals surface area contributed by atoms with Crippen LogP contribution in [0, 0.1) is 17.4 Å². The first kappa shape index (κ1) is 101. The Kier molecular flexibility index (Phi) is 76.8. The Balaban J connectivity index is -0.0000000864. The number of nitriles is 1. The maximum absolute atomic E-state index is 10.6. The molecular weight excluding hydrogens is 1180 g/mol. The van der Waals surface area contributed by atoms with Crippen LogP contribution in [0.1, 0.15) is 142 Å². The highest BCUT2D eigenvalue weighted by Gasteiger charge is 2.21. The third-order valence-corrected chi connectivity index (χ3v) is 13.5. The zero-order chi connectivity index (χ0) is 66.2. The number of aliphatic carboxylic acids is 1. The van der Waals surface area contributed by atoms with Crippen molar-refractivity contribution in [2.75, 3.05) is 105 Å². The zero-order valence-electron chi connectivity index (χ0n) is 51.4. The molecule has 5 unspecified atom stereocenters. The predicted octanol–water partition coefficient (Wildman–Crippen LogP) is 3.37. The van der Waals surface area contributed by atoms with Crippen molar-refractivity contribution in [3.8, 4) is 6.19 Å². The summed E-state index contributed by atoms with van der Waals surface area (Å²) in [5.74, 6) is 0.598. The lowest BCUT2D eigenvalue weighted by Gasteiger charge is -2.31. The van der Waals surface area contributed by atoms with Gasteiger partial charge in [-0.25, -0.2) is 13.6 Å². The van der Waals surface area contributed by atoms with Gasteiger partial charge in [-0.2, -0.15) is 18.9 Å². The highest BCUT2D eigenvalue weighted by molar-refractivity contribution is 7.89. The van der Waals surface area contributed by atoms with E-state index in [2.05, 4.69) is 85.9 Å². The summed E-state index contributed by atoms with van der Waals surface area (Å²) in [5.41, 5.74) is 4.65. The van der Waals surface area contributed by atoms with E-state index >= 15 is 0 Å². The van der Waals surface area contributed by atoms with E-state index in [9.17, 15) is 54.8 Å². The normalized spacial score (nSPS) is 16.2. The van der Waals surface area contributed by atoms with Crippen LogP contribution >= 0.6 is 22.7 Å². The number of carboxylic acids is 1. The van der Waals surface area contributed by atoms with Gasteiger partial charge in [0.1, 0.15) is 11.6 Å². The maximum atomic E-state index is 10.6. The van der Waals surface area contributed by atoms with Gasteiger partial charge >= 0.3 is 21.2 Å². The number of nitrogens with one attached hydrogen (secondary N) is 3. The number of aryl methyl sites for hydroxylation is 1. The Morgan fingerprint density at radius 1 is 0.866 bits per heavy atom. The second-order valence-corrected chi connectivity index (χ2v) is 27.2. The van der Waals surface area contributed by atoms with Crippen LogP contribution in [0.15, 0.2) is 0 Å². The Labute approximate surface area is 491 Å². The minimum Gasteiger partial charge on any atom is -0.481 e. The topological polar surface area (TPSA) is 503 Å². The summed E-state index contributed by atoms with van der Waals surface area (Å²) < 4.78 is 81.1. The van der Waals surface area contributed by atoms with E-state index in [4.69, 9.17) is 34.5 Å². The number of likely N-dealkylation sites (N-methyl/N-ethyl adjacent to an activating group) is 2. The van der Waals surface area contributed by atoms with Crippen LogP contribution < -0.4 is 21.3 Å². The molecule has 1 amide bonds. The molecule has 0 bridgehead atoms. The first-order valence-corrected chi connectivity index (χ1v) is 34.7. The molecule has 0 spiro atoms. The smallest absolute Gasteiger partial charge is 0.327 e. The third kappa shape index (κ3) is 112. The number of sulfonamides is 1. The van der Waals surface area contributed by atoms with Gasteiger partial charge in [0.15, 0.2) is 12.0 Å². The summed E-state index contributed by atoms with van der Waals surface area (Å²) in [5, 5.41) is 47.5. The lowest BCUT2D eigenvalue weighted by Crippen LogP contribution is -2.40. The number of carboxylic acid groups (broad SMARTS) is 1. The molecule has 2 fully saturated rings. The number of carbonyl (C=O) groups excluding carboxylic acids is 3. The van der Waals surface area contributed by atoms with Crippen molar-refractivity contribution in [3.63, 3.8) is 0 Å². The molecule has 496 valence electrons. The first-order valence-electron chi connectivity index (χ1n) is 25.9. The number of hydrogen-bond donors (Lipinski definition) is 12. The number of tetrazole rings is 1. The molecule has 2 saturated heterocycles. The average Bonchev–Trinajstić information content (AvgIpc) is 4.10. The number of aromatic nitrogens is 4. The molecule has 3 heterocycles. The molecule has 31 nitrogen and oxygen atoms in total. The Morgan fingerprint density at radius 3 is 1.44 bits per heavy atom. The fraction of sp³-hybridized carbons (Fsp3) is 0.870. The number of primary sulfonamides is 1. The number of Topliss-reactive ketones (excluding diaryl/α,β-unsaturated/α-hetero) is 2. The number of H-pyrrole nitrogens is 1. The van der Waals surface area contributed by atoms with Crippen molar-refractivity contribution in [2.24, 2.45) is 16.6 Å². The molecule has 5 atom stereocenters.